The Hall–Kier alpha value is -3.62. The number of fused-ring (bicyclic) bond motifs is 9. The van der Waals surface area contributed by atoms with Gasteiger partial charge in [0, 0.05) is 53.4 Å². The first-order chi connectivity index (χ1) is 26.6. The summed E-state index contributed by atoms with van der Waals surface area (Å²) in [5.74, 6) is 0.0491. The van der Waals surface area contributed by atoms with Crippen molar-refractivity contribution in [3.8, 4) is 0 Å². The Labute approximate surface area is 335 Å². The number of ketones is 1. The molecule has 9 rings (SSSR count). The predicted molar refractivity (Wildman–Crippen MR) is 226 cm³/mol. The maximum atomic E-state index is 14.6. The third-order valence-corrected chi connectivity index (χ3v) is 14.5. The Kier molecular flexibility index (Phi) is 11.2. The summed E-state index contributed by atoms with van der Waals surface area (Å²) in [5, 5.41) is 25.9. The van der Waals surface area contributed by atoms with Crippen molar-refractivity contribution >= 4 is 38.8 Å². The molecule has 5 nitrogen and oxygen atoms in total. The van der Waals surface area contributed by atoms with Crippen LogP contribution in [0, 0.1) is 5.41 Å². The van der Waals surface area contributed by atoms with Crippen molar-refractivity contribution in [3.63, 3.8) is 0 Å². The van der Waals surface area contributed by atoms with Crippen molar-refractivity contribution in [1.29, 1.82) is 0 Å². The van der Waals surface area contributed by atoms with Crippen LogP contribution in [-0.2, 0) is 6.42 Å². The monoisotopic (exact) mass is 772 g/mol. The second kappa shape index (κ2) is 16.1. The molecule has 1 unspecified atom stereocenters. The van der Waals surface area contributed by atoms with Gasteiger partial charge in [-0.15, -0.1) is 11.3 Å². The highest BCUT2D eigenvalue weighted by Gasteiger charge is 2.57. The van der Waals surface area contributed by atoms with E-state index < -0.39 is 17.1 Å². The smallest absolute Gasteiger partial charge is 0.203 e. The van der Waals surface area contributed by atoms with Gasteiger partial charge >= 0.3 is 0 Å². The molecule has 2 bridgehead atoms. The number of aliphatic hydroxyl groups is 2. The maximum Gasteiger partial charge on any atom is 0.203 e. The molecule has 4 aromatic carbocycles. The van der Waals surface area contributed by atoms with Crippen molar-refractivity contribution in [2.24, 2.45) is 5.41 Å². The molecule has 2 fully saturated rings. The fourth-order valence-corrected chi connectivity index (χ4v) is 11.0. The lowest BCUT2D eigenvalue weighted by atomic mass is 9.64. The first-order valence-corrected chi connectivity index (χ1v) is 21.3. The lowest BCUT2D eigenvalue weighted by molar-refractivity contribution is -0.0894. The van der Waals surface area contributed by atoms with Crippen LogP contribution in [0.15, 0.2) is 115 Å². The van der Waals surface area contributed by atoms with Crippen molar-refractivity contribution in [2.75, 3.05) is 32.7 Å². The van der Waals surface area contributed by atoms with E-state index in [1.54, 1.807) is 11.3 Å². The highest BCUT2D eigenvalue weighted by molar-refractivity contribution is 7.21. The van der Waals surface area contributed by atoms with Crippen LogP contribution >= 0.6 is 22.9 Å². The van der Waals surface area contributed by atoms with Crippen LogP contribution in [0.3, 0.4) is 0 Å². The van der Waals surface area contributed by atoms with E-state index in [4.69, 9.17) is 11.6 Å². The van der Waals surface area contributed by atoms with E-state index in [0.29, 0.717) is 25.8 Å². The second-order valence-electron chi connectivity index (χ2n) is 16.6. The maximum absolute atomic E-state index is 14.6. The third kappa shape index (κ3) is 7.87. The largest absolute Gasteiger partial charge is 0.393 e. The Morgan fingerprint density at radius 2 is 1.62 bits per heavy atom. The number of hydrogen-bond donors (Lipinski definition) is 2. The Morgan fingerprint density at radius 3 is 2.38 bits per heavy atom. The minimum absolute atomic E-state index is 0.00935. The molecule has 1 saturated carbocycles. The van der Waals surface area contributed by atoms with Crippen molar-refractivity contribution in [2.45, 2.75) is 82.5 Å². The molecule has 4 aliphatic rings. The lowest BCUT2D eigenvalue weighted by Crippen LogP contribution is -2.56. The van der Waals surface area contributed by atoms with E-state index in [9.17, 15) is 15.0 Å². The molecule has 2 heterocycles. The van der Waals surface area contributed by atoms with Gasteiger partial charge in [-0.05, 0) is 116 Å². The second-order valence-corrected chi connectivity index (χ2v) is 18.1. The fraction of sp³-hybridized carbons (Fsp3) is 0.396. The molecule has 0 spiro atoms. The van der Waals surface area contributed by atoms with E-state index >= 15 is 0 Å². The molecule has 1 aromatic heterocycles. The molecule has 55 heavy (non-hydrogen) atoms. The molecule has 1 aliphatic heterocycles. The van der Waals surface area contributed by atoms with Crippen LogP contribution in [0.4, 0.5) is 0 Å². The van der Waals surface area contributed by atoms with Gasteiger partial charge < -0.3 is 10.2 Å². The number of thiophene rings is 1. The Balaban J connectivity index is 1.09. The summed E-state index contributed by atoms with van der Waals surface area (Å²) in [5.41, 5.74) is 5.15. The molecule has 0 radical (unpaired) electrons. The summed E-state index contributed by atoms with van der Waals surface area (Å²) in [6, 6.07) is 35.7. The van der Waals surface area contributed by atoms with Gasteiger partial charge in [-0.25, -0.2) is 0 Å². The minimum atomic E-state index is -0.930. The molecule has 1 saturated heterocycles. The molecule has 2 N–H and O–H groups in total. The molecule has 0 amide bonds. The summed E-state index contributed by atoms with van der Waals surface area (Å²) in [4.78, 5) is 20.4. The van der Waals surface area contributed by atoms with E-state index in [1.165, 1.54) is 16.7 Å². The van der Waals surface area contributed by atoms with Crippen LogP contribution in [0.2, 0.25) is 5.02 Å². The van der Waals surface area contributed by atoms with Gasteiger partial charge in [-0.1, -0.05) is 103 Å². The van der Waals surface area contributed by atoms with E-state index in [1.807, 2.05) is 30.3 Å². The normalized spacial score (nSPS) is 26.0. The number of allylic oxidation sites excluding steroid dienone is 2. The number of aliphatic hydroxyl groups excluding tert-OH is 1. The van der Waals surface area contributed by atoms with Gasteiger partial charge in [0.05, 0.1) is 22.6 Å². The van der Waals surface area contributed by atoms with Gasteiger partial charge in [0.1, 0.15) is 0 Å². The van der Waals surface area contributed by atoms with Gasteiger partial charge in [-0.3, -0.25) is 14.6 Å². The van der Waals surface area contributed by atoms with E-state index in [0.717, 1.165) is 88.5 Å². The quantitative estimate of drug-likeness (QED) is 0.127. The van der Waals surface area contributed by atoms with Gasteiger partial charge in [-0.2, -0.15) is 0 Å². The molecule has 5 aromatic rings. The van der Waals surface area contributed by atoms with Crippen molar-refractivity contribution < 1.29 is 15.0 Å². The highest BCUT2D eigenvalue weighted by Crippen LogP contribution is 2.59. The molecular weight excluding hydrogens is 720 g/mol. The van der Waals surface area contributed by atoms with Crippen LogP contribution < -0.4 is 0 Å². The summed E-state index contributed by atoms with van der Waals surface area (Å²) in [7, 11) is 0. The standard InChI is InChI=1S/C48H53ClN2O3S/c1-33-9-8-23-47(2)42(40-21-15-34(29-39(52)20-14-33)30-41(40)46(53)44-31-37-12-6-7-13-43(37)55-44)22-24-48(47,54)32-50-25-27-51(28-26-50)45(35-10-4-3-5-11-35)36-16-18-38(49)19-17-36/h3-7,9-13,15-19,21,30-31,39,42,45,52,54H,8,14,20,22-29,32H2,1-2H3/t39-,42-,45?,47-,48+/m0/s1. The first-order valence-electron chi connectivity index (χ1n) is 20.1. The van der Waals surface area contributed by atoms with Crippen molar-refractivity contribution in [3.05, 3.63) is 152 Å². The number of hydrogen-bond acceptors (Lipinski definition) is 6. The minimum Gasteiger partial charge on any atom is -0.393 e. The van der Waals surface area contributed by atoms with Gasteiger partial charge in [0.15, 0.2) is 0 Å². The number of nitrogens with zero attached hydrogens (tertiary/aromatic N) is 2. The van der Waals surface area contributed by atoms with Crippen LogP contribution in [0.1, 0.15) is 102 Å². The molecule has 286 valence electrons. The number of piperazine rings is 1. The number of halogens is 1. The topological polar surface area (TPSA) is 64.0 Å². The number of carbonyl (C=O) groups excluding carboxylic acids is 1. The molecule has 5 atom stereocenters. The number of β-amino-alcohol motifs (C(OH)–C–C–N with tert-alkyl or cyclic N) is 1. The molecular formula is C48H53ClN2O3S. The summed E-state index contributed by atoms with van der Waals surface area (Å²) >= 11 is 7.85. The zero-order chi connectivity index (χ0) is 38.2. The fourth-order valence-electron chi connectivity index (χ4n) is 9.87. The molecule has 7 heteroatoms. The summed E-state index contributed by atoms with van der Waals surface area (Å²) in [6.07, 6.45) is 7.06. The average molecular weight is 773 g/mol. The van der Waals surface area contributed by atoms with Crippen LogP contribution in [0.25, 0.3) is 10.1 Å². The Morgan fingerprint density at radius 1 is 0.891 bits per heavy atom. The summed E-state index contributed by atoms with van der Waals surface area (Å²) in [6.45, 7) is 8.59. The average Bonchev–Trinajstić information content (AvgIpc) is 3.74. The Bertz CT molecular complexity index is 2120. The van der Waals surface area contributed by atoms with E-state index in [2.05, 4.69) is 103 Å². The molecule has 3 aliphatic carbocycles. The number of rotatable bonds is 7. The number of carbonyl (C=O) groups is 1. The van der Waals surface area contributed by atoms with Crippen LogP contribution in [-0.4, -0.2) is 70.2 Å². The predicted octanol–water partition coefficient (Wildman–Crippen LogP) is 10.2. The summed E-state index contributed by atoms with van der Waals surface area (Å²) < 4.78 is 1.10. The SMILES string of the molecule is CC1=CCC[C@@]2(C)[C@@H](CC[C@@]2(O)CN2CCN(C(c3ccccc3)c3ccc(Cl)cc3)CC2)c2ccc(cc2C(=O)c2cc3ccccc3s2)C[C@@H](O)CC1. The number of benzene rings is 4. The van der Waals surface area contributed by atoms with E-state index in [-0.39, 0.29) is 17.7 Å². The third-order valence-electron chi connectivity index (χ3n) is 13.1. The zero-order valence-corrected chi connectivity index (χ0v) is 33.7. The van der Waals surface area contributed by atoms with Crippen molar-refractivity contribution in [1.82, 2.24) is 9.80 Å². The van der Waals surface area contributed by atoms with Gasteiger partial charge in [0.2, 0.25) is 5.78 Å². The van der Waals surface area contributed by atoms with Gasteiger partial charge in [0.25, 0.3) is 0 Å². The lowest BCUT2D eigenvalue weighted by Gasteiger charge is -2.48. The van der Waals surface area contributed by atoms with Crippen LogP contribution in [0.5, 0.6) is 0 Å². The highest BCUT2D eigenvalue weighted by atomic mass is 35.5. The first kappa shape index (κ1) is 38.3. The zero-order valence-electron chi connectivity index (χ0n) is 32.1.